The lowest BCUT2D eigenvalue weighted by atomic mass is 10.0. The van der Waals surface area contributed by atoms with Crippen molar-refractivity contribution in [1.29, 1.82) is 0 Å². The highest BCUT2D eigenvalue weighted by molar-refractivity contribution is 6.97. The standard InChI is InChI=1S/C21H39NOSi3/c1-17(2)20(23)22-15-12-13-18(19(22)14-16-24(3,4)5)21(25(6,7)8)26(9,10)11/h12-13,15,17,19,21H,1-11H3. The van der Waals surface area contributed by atoms with Gasteiger partial charge in [-0.25, -0.2) is 0 Å². The average molecular weight is 406 g/mol. The third-order valence-electron chi connectivity index (χ3n) is 4.53. The van der Waals surface area contributed by atoms with Gasteiger partial charge in [-0.2, -0.15) is 0 Å². The molecule has 1 amide bonds. The lowest BCUT2D eigenvalue weighted by Gasteiger charge is -2.44. The molecule has 0 aromatic carbocycles. The van der Waals surface area contributed by atoms with Crippen LogP contribution in [-0.2, 0) is 4.79 Å². The first-order valence-electron chi connectivity index (χ1n) is 9.79. The number of rotatable bonds is 4. The Kier molecular flexibility index (Phi) is 7.17. The van der Waals surface area contributed by atoms with Gasteiger partial charge in [0.05, 0.1) is 0 Å². The van der Waals surface area contributed by atoms with Crippen molar-refractivity contribution in [1.82, 2.24) is 4.90 Å². The summed E-state index contributed by atoms with van der Waals surface area (Å²) in [6.07, 6.45) is 6.28. The van der Waals surface area contributed by atoms with Crippen LogP contribution in [0, 0.1) is 17.4 Å². The number of hydrogen-bond donors (Lipinski definition) is 0. The van der Waals surface area contributed by atoms with Gasteiger partial charge in [0, 0.05) is 28.3 Å². The molecule has 1 unspecified atom stereocenters. The van der Waals surface area contributed by atoms with E-state index in [1.165, 1.54) is 5.57 Å². The van der Waals surface area contributed by atoms with Gasteiger partial charge in [-0.05, 0) is 16.8 Å². The Hall–Kier alpha value is -0.839. The molecule has 0 aromatic heterocycles. The van der Waals surface area contributed by atoms with Gasteiger partial charge in [0.1, 0.15) is 14.1 Å². The molecule has 1 rings (SSSR count). The number of amides is 1. The number of nitrogens with zero attached hydrogens (tertiary/aromatic N) is 1. The van der Waals surface area contributed by atoms with Crippen LogP contribution in [0.15, 0.2) is 23.9 Å². The van der Waals surface area contributed by atoms with E-state index in [1.807, 2.05) is 24.9 Å². The fourth-order valence-electron chi connectivity index (χ4n) is 4.07. The summed E-state index contributed by atoms with van der Waals surface area (Å²) >= 11 is 0. The van der Waals surface area contributed by atoms with Crippen LogP contribution < -0.4 is 0 Å². The Balaban J connectivity index is 3.55. The zero-order chi connectivity index (χ0) is 20.5. The van der Waals surface area contributed by atoms with Crippen molar-refractivity contribution in [3.05, 3.63) is 23.9 Å². The quantitative estimate of drug-likeness (QED) is 0.430. The summed E-state index contributed by atoms with van der Waals surface area (Å²) in [7, 11) is -4.42. The summed E-state index contributed by atoms with van der Waals surface area (Å²) in [6.45, 7) is 25.6. The largest absolute Gasteiger partial charge is 0.301 e. The van der Waals surface area contributed by atoms with Crippen molar-refractivity contribution in [3.63, 3.8) is 0 Å². The van der Waals surface area contributed by atoms with Gasteiger partial charge in [-0.15, -0.1) is 5.54 Å². The maximum atomic E-state index is 12.9. The number of hydrogen-bond acceptors (Lipinski definition) is 1. The predicted octanol–water partition coefficient (Wildman–Crippen LogP) is 5.76. The smallest absolute Gasteiger partial charge is 0.230 e. The molecule has 146 valence electrons. The van der Waals surface area contributed by atoms with E-state index in [2.05, 4.69) is 82.5 Å². The second-order valence-electron chi connectivity index (χ2n) is 11.0. The number of carbonyl (C=O) groups is 1. The molecule has 1 aliphatic rings. The van der Waals surface area contributed by atoms with Crippen LogP contribution >= 0.6 is 0 Å². The Bertz CT molecular complexity index is 632. The second-order valence-corrected chi connectivity index (χ2v) is 26.9. The van der Waals surface area contributed by atoms with Crippen molar-refractivity contribution in [2.45, 2.75) is 84.0 Å². The first kappa shape index (κ1) is 23.2. The molecule has 0 saturated carbocycles. The van der Waals surface area contributed by atoms with Crippen molar-refractivity contribution < 1.29 is 4.79 Å². The zero-order valence-electron chi connectivity index (χ0n) is 18.8. The van der Waals surface area contributed by atoms with Crippen LogP contribution in [0.1, 0.15) is 13.8 Å². The van der Waals surface area contributed by atoms with Gasteiger partial charge >= 0.3 is 0 Å². The first-order chi connectivity index (χ1) is 11.6. The molecule has 0 N–H and O–H groups in total. The lowest BCUT2D eigenvalue weighted by molar-refractivity contribution is -0.132. The van der Waals surface area contributed by atoms with E-state index < -0.39 is 24.2 Å². The van der Waals surface area contributed by atoms with Crippen molar-refractivity contribution in [2.75, 3.05) is 0 Å². The van der Waals surface area contributed by atoms with Crippen molar-refractivity contribution in [2.24, 2.45) is 5.92 Å². The molecule has 5 heteroatoms. The summed E-state index contributed by atoms with van der Waals surface area (Å²) in [5.41, 5.74) is 4.95. The number of carbonyl (C=O) groups excluding carboxylic acids is 1. The van der Waals surface area contributed by atoms with Gasteiger partial charge in [-0.1, -0.05) is 84.8 Å². The summed E-state index contributed by atoms with van der Waals surface area (Å²) in [6, 6.07) is -0.0925. The van der Waals surface area contributed by atoms with E-state index in [4.69, 9.17) is 0 Å². The summed E-state index contributed by atoms with van der Waals surface area (Å²) in [4.78, 5) is 14.8. The van der Waals surface area contributed by atoms with Gasteiger partial charge in [0.2, 0.25) is 5.91 Å². The van der Waals surface area contributed by atoms with E-state index >= 15 is 0 Å². The maximum absolute atomic E-state index is 12.9. The predicted molar refractivity (Wildman–Crippen MR) is 124 cm³/mol. The van der Waals surface area contributed by atoms with E-state index in [9.17, 15) is 4.79 Å². The molecule has 0 fully saturated rings. The SMILES string of the molecule is CC(C)C(=O)N1C=CC=C(C([Si](C)(C)C)[Si](C)(C)C)C1C#C[Si](C)(C)C. The van der Waals surface area contributed by atoms with Crippen LogP contribution in [-0.4, -0.2) is 41.1 Å². The van der Waals surface area contributed by atoms with Crippen LogP contribution in [0.3, 0.4) is 0 Å². The first-order valence-corrected chi connectivity index (χ1v) is 20.4. The Morgan fingerprint density at radius 2 is 1.50 bits per heavy atom. The molecule has 0 saturated heterocycles. The lowest BCUT2D eigenvalue weighted by Crippen LogP contribution is -2.50. The Morgan fingerprint density at radius 1 is 1.00 bits per heavy atom. The van der Waals surface area contributed by atoms with E-state index in [1.54, 1.807) is 0 Å². The molecule has 26 heavy (non-hydrogen) atoms. The Labute approximate surface area is 165 Å². The number of allylic oxidation sites excluding steroid dienone is 2. The second kappa shape index (κ2) is 8.04. The van der Waals surface area contributed by atoms with Crippen molar-refractivity contribution >= 4 is 30.1 Å². The zero-order valence-corrected chi connectivity index (χ0v) is 21.8. The molecule has 0 aliphatic carbocycles. The van der Waals surface area contributed by atoms with Crippen LogP contribution in [0.4, 0.5) is 0 Å². The normalized spacial score (nSPS) is 18.7. The molecule has 0 bridgehead atoms. The maximum Gasteiger partial charge on any atom is 0.230 e. The molecular formula is C21H39NOSi3. The minimum absolute atomic E-state index is 0.0209. The van der Waals surface area contributed by atoms with E-state index in [0.717, 1.165) is 0 Å². The van der Waals surface area contributed by atoms with E-state index in [-0.39, 0.29) is 17.9 Å². The van der Waals surface area contributed by atoms with E-state index in [0.29, 0.717) is 5.16 Å². The van der Waals surface area contributed by atoms with Crippen LogP contribution in [0.5, 0.6) is 0 Å². The third kappa shape index (κ3) is 6.11. The summed E-state index contributed by atoms with van der Waals surface area (Å²) in [5, 5.41) is 0.600. The molecular weight excluding hydrogens is 366 g/mol. The molecule has 0 spiro atoms. The summed E-state index contributed by atoms with van der Waals surface area (Å²) < 4.78 is 0. The Morgan fingerprint density at radius 3 is 1.88 bits per heavy atom. The average Bonchev–Trinajstić information content (AvgIpc) is 2.40. The van der Waals surface area contributed by atoms with Crippen LogP contribution in [0.25, 0.3) is 0 Å². The highest BCUT2D eigenvalue weighted by Gasteiger charge is 2.44. The molecule has 1 atom stereocenters. The monoisotopic (exact) mass is 405 g/mol. The molecule has 2 nitrogen and oxygen atoms in total. The van der Waals surface area contributed by atoms with Gasteiger partial charge < -0.3 is 4.90 Å². The third-order valence-corrected chi connectivity index (χ3v) is 14.7. The summed E-state index contributed by atoms with van der Waals surface area (Å²) in [5.74, 6) is 3.72. The highest BCUT2D eigenvalue weighted by atomic mass is 28.4. The van der Waals surface area contributed by atoms with Gasteiger partial charge in [-0.3, -0.25) is 4.79 Å². The fourth-order valence-corrected chi connectivity index (χ4v) is 17.5. The molecule has 1 heterocycles. The van der Waals surface area contributed by atoms with Gasteiger partial charge in [0.15, 0.2) is 0 Å². The minimum atomic E-state index is -1.52. The molecule has 0 aromatic rings. The topological polar surface area (TPSA) is 20.3 Å². The molecule has 0 radical (unpaired) electrons. The van der Waals surface area contributed by atoms with Crippen molar-refractivity contribution in [3.8, 4) is 11.5 Å². The van der Waals surface area contributed by atoms with Crippen LogP contribution in [0.2, 0.25) is 64.1 Å². The van der Waals surface area contributed by atoms with Gasteiger partial charge in [0.25, 0.3) is 0 Å². The molecule has 1 aliphatic heterocycles. The fraction of sp³-hybridized carbons (Fsp3) is 0.667. The minimum Gasteiger partial charge on any atom is -0.301 e. The highest BCUT2D eigenvalue weighted by Crippen LogP contribution is 2.42.